The Morgan fingerprint density at radius 2 is 1.86 bits per heavy atom. The predicted molar refractivity (Wildman–Crippen MR) is 88.6 cm³/mol. The summed E-state index contributed by atoms with van der Waals surface area (Å²) in [6.45, 7) is 3.82. The van der Waals surface area contributed by atoms with E-state index in [9.17, 15) is 5.11 Å². The number of hydrogen-bond donors (Lipinski definition) is 1. The quantitative estimate of drug-likeness (QED) is 0.889. The van der Waals surface area contributed by atoms with Gasteiger partial charge in [-0.05, 0) is 25.3 Å². The standard InChI is InChI=1S/C17H23N3OS/c1-14-18-19-16(22-14)12-20(11-15-7-3-2-4-8-15)17(13-21)9-5-6-10-17/h2-4,7-8,21H,5-6,9-13H2,1H3. The van der Waals surface area contributed by atoms with Crippen molar-refractivity contribution in [1.29, 1.82) is 0 Å². The smallest absolute Gasteiger partial charge is 0.131 e. The normalized spacial score (nSPS) is 17.2. The van der Waals surface area contributed by atoms with E-state index >= 15 is 0 Å². The summed E-state index contributed by atoms with van der Waals surface area (Å²) in [5.41, 5.74) is 1.18. The van der Waals surface area contributed by atoms with Gasteiger partial charge < -0.3 is 5.11 Å². The lowest BCUT2D eigenvalue weighted by Crippen LogP contribution is -2.48. The second-order valence-corrected chi connectivity index (χ2v) is 7.41. The molecule has 1 heterocycles. The molecule has 1 aromatic heterocycles. The van der Waals surface area contributed by atoms with Crippen molar-refractivity contribution < 1.29 is 5.11 Å². The molecule has 4 nitrogen and oxygen atoms in total. The van der Waals surface area contributed by atoms with Gasteiger partial charge in [-0.15, -0.1) is 21.5 Å². The molecule has 0 unspecified atom stereocenters. The summed E-state index contributed by atoms with van der Waals surface area (Å²) in [5, 5.41) is 20.5. The second-order valence-electron chi connectivity index (χ2n) is 6.15. The van der Waals surface area contributed by atoms with Crippen molar-refractivity contribution in [1.82, 2.24) is 15.1 Å². The third-order valence-electron chi connectivity index (χ3n) is 4.61. The highest BCUT2D eigenvalue weighted by Gasteiger charge is 2.39. The minimum absolute atomic E-state index is 0.102. The van der Waals surface area contributed by atoms with E-state index in [1.165, 1.54) is 18.4 Å². The van der Waals surface area contributed by atoms with E-state index in [0.29, 0.717) is 0 Å². The number of aliphatic hydroxyl groups excluding tert-OH is 1. The maximum Gasteiger partial charge on any atom is 0.131 e. The van der Waals surface area contributed by atoms with E-state index < -0.39 is 0 Å². The van der Waals surface area contributed by atoms with Gasteiger partial charge >= 0.3 is 0 Å². The fourth-order valence-corrected chi connectivity index (χ4v) is 4.09. The molecule has 2 aromatic rings. The molecule has 1 aliphatic carbocycles. The Labute approximate surface area is 135 Å². The molecule has 0 bridgehead atoms. The monoisotopic (exact) mass is 317 g/mol. The lowest BCUT2D eigenvalue weighted by atomic mass is 9.95. The molecule has 0 atom stereocenters. The number of benzene rings is 1. The topological polar surface area (TPSA) is 49.2 Å². The molecule has 1 aromatic carbocycles. The average molecular weight is 317 g/mol. The summed E-state index contributed by atoms with van der Waals surface area (Å²) in [6, 6.07) is 10.5. The third-order valence-corrected chi connectivity index (χ3v) is 5.43. The summed E-state index contributed by atoms with van der Waals surface area (Å²) in [6.07, 6.45) is 4.52. The van der Waals surface area contributed by atoms with Crippen molar-refractivity contribution in [3.8, 4) is 0 Å². The molecule has 22 heavy (non-hydrogen) atoms. The van der Waals surface area contributed by atoms with Crippen molar-refractivity contribution in [2.75, 3.05) is 6.61 Å². The first-order valence-corrected chi connectivity index (χ1v) is 8.72. The zero-order chi connectivity index (χ0) is 15.4. The zero-order valence-corrected chi connectivity index (χ0v) is 13.9. The van der Waals surface area contributed by atoms with Crippen molar-refractivity contribution in [2.45, 2.75) is 51.2 Å². The minimum atomic E-state index is -0.102. The molecule has 1 saturated carbocycles. The fourth-order valence-electron chi connectivity index (χ4n) is 3.37. The summed E-state index contributed by atoms with van der Waals surface area (Å²) < 4.78 is 0. The van der Waals surface area contributed by atoms with Gasteiger partial charge in [0.05, 0.1) is 13.2 Å². The first-order valence-electron chi connectivity index (χ1n) is 7.91. The molecule has 1 aliphatic rings. The first kappa shape index (κ1) is 15.6. The first-order chi connectivity index (χ1) is 10.7. The number of hydrogen-bond acceptors (Lipinski definition) is 5. The Morgan fingerprint density at radius 3 is 2.45 bits per heavy atom. The number of nitrogens with zero attached hydrogens (tertiary/aromatic N) is 3. The van der Waals surface area contributed by atoms with Crippen LogP contribution in [0.2, 0.25) is 0 Å². The van der Waals surface area contributed by atoms with Crippen LogP contribution in [-0.4, -0.2) is 32.3 Å². The van der Waals surface area contributed by atoms with Crippen LogP contribution in [0.1, 0.15) is 41.3 Å². The number of aromatic nitrogens is 2. The van der Waals surface area contributed by atoms with E-state index in [0.717, 1.165) is 35.9 Å². The maximum absolute atomic E-state index is 10.1. The van der Waals surface area contributed by atoms with Crippen LogP contribution in [0.25, 0.3) is 0 Å². The zero-order valence-electron chi connectivity index (χ0n) is 13.0. The van der Waals surface area contributed by atoms with Crippen LogP contribution >= 0.6 is 11.3 Å². The third kappa shape index (κ3) is 3.37. The highest BCUT2D eigenvalue weighted by atomic mass is 32.1. The van der Waals surface area contributed by atoms with Crippen molar-refractivity contribution >= 4 is 11.3 Å². The van der Waals surface area contributed by atoms with Gasteiger partial charge in [-0.3, -0.25) is 4.90 Å². The van der Waals surface area contributed by atoms with Gasteiger partial charge in [0, 0.05) is 12.1 Å². The van der Waals surface area contributed by atoms with Crippen LogP contribution in [0, 0.1) is 6.92 Å². The summed E-state index contributed by atoms with van der Waals surface area (Å²) in [4.78, 5) is 2.41. The average Bonchev–Trinajstić information content (AvgIpc) is 3.17. The van der Waals surface area contributed by atoms with Gasteiger partial charge in [-0.25, -0.2) is 0 Å². The molecule has 0 aliphatic heterocycles. The second kappa shape index (κ2) is 6.86. The SMILES string of the molecule is Cc1nnc(CN(Cc2ccccc2)C2(CO)CCCC2)s1. The maximum atomic E-state index is 10.1. The van der Waals surface area contributed by atoms with Crippen molar-refractivity contribution in [2.24, 2.45) is 0 Å². The minimum Gasteiger partial charge on any atom is -0.394 e. The van der Waals surface area contributed by atoms with Crippen LogP contribution in [0.15, 0.2) is 30.3 Å². The van der Waals surface area contributed by atoms with E-state index in [4.69, 9.17) is 0 Å². The van der Waals surface area contributed by atoms with E-state index in [1.807, 2.05) is 13.0 Å². The predicted octanol–water partition coefficient (Wildman–Crippen LogP) is 3.15. The Morgan fingerprint density at radius 1 is 1.14 bits per heavy atom. The van der Waals surface area contributed by atoms with E-state index in [2.05, 4.69) is 39.4 Å². The van der Waals surface area contributed by atoms with Gasteiger partial charge in [0.2, 0.25) is 0 Å². The van der Waals surface area contributed by atoms with E-state index in [1.54, 1.807) is 11.3 Å². The highest BCUT2D eigenvalue weighted by molar-refractivity contribution is 7.11. The van der Waals surface area contributed by atoms with E-state index in [-0.39, 0.29) is 12.1 Å². The molecule has 118 valence electrons. The van der Waals surface area contributed by atoms with Crippen LogP contribution in [0.5, 0.6) is 0 Å². The van der Waals surface area contributed by atoms with Gasteiger partial charge in [0.15, 0.2) is 0 Å². The van der Waals surface area contributed by atoms with Crippen LogP contribution in [-0.2, 0) is 13.1 Å². The van der Waals surface area contributed by atoms with Gasteiger partial charge in [-0.2, -0.15) is 0 Å². The lowest BCUT2D eigenvalue weighted by Gasteiger charge is -2.39. The Bertz CT molecular complexity index is 593. The summed E-state index contributed by atoms with van der Waals surface area (Å²) in [5.74, 6) is 0. The molecular weight excluding hydrogens is 294 g/mol. The highest BCUT2D eigenvalue weighted by Crippen LogP contribution is 2.37. The molecule has 0 spiro atoms. The number of aryl methyl sites for hydroxylation is 1. The van der Waals surface area contributed by atoms with Crippen molar-refractivity contribution in [3.63, 3.8) is 0 Å². The summed E-state index contributed by atoms with van der Waals surface area (Å²) in [7, 11) is 0. The Balaban J connectivity index is 1.84. The van der Waals surface area contributed by atoms with Crippen molar-refractivity contribution in [3.05, 3.63) is 45.9 Å². The molecule has 1 N–H and O–H groups in total. The number of aliphatic hydroxyl groups is 1. The lowest BCUT2D eigenvalue weighted by molar-refractivity contribution is 0.0206. The van der Waals surface area contributed by atoms with Gasteiger partial charge in [0.1, 0.15) is 10.0 Å². The van der Waals surface area contributed by atoms with Crippen LogP contribution in [0.4, 0.5) is 0 Å². The molecule has 1 fully saturated rings. The largest absolute Gasteiger partial charge is 0.394 e. The molecule has 5 heteroatoms. The van der Waals surface area contributed by atoms with Gasteiger partial charge in [0.25, 0.3) is 0 Å². The molecule has 0 saturated heterocycles. The molecular formula is C17H23N3OS. The molecule has 3 rings (SSSR count). The fraction of sp³-hybridized carbons (Fsp3) is 0.529. The number of rotatable bonds is 6. The molecule has 0 amide bonds. The molecule has 0 radical (unpaired) electrons. The van der Waals surface area contributed by atoms with Gasteiger partial charge in [-0.1, -0.05) is 43.2 Å². The Kier molecular flexibility index (Phi) is 4.86. The summed E-state index contributed by atoms with van der Waals surface area (Å²) >= 11 is 1.65. The van der Waals surface area contributed by atoms with Crippen LogP contribution < -0.4 is 0 Å². The Hall–Kier alpha value is -1.30. The van der Waals surface area contributed by atoms with Crippen LogP contribution in [0.3, 0.4) is 0 Å².